The minimum Gasteiger partial charge on any atom is -0.297 e. The lowest BCUT2D eigenvalue weighted by atomic mass is 10.2. The summed E-state index contributed by atoms with van der Waals surface area (Å²) in [6, 6.07) is 6.27. The Morgan fingerprint density at radius 1 is 1.35 bits per heavy atom. The molecule has 0 radical (unpaired) electrons. The second kappa shape index (κ2) is 5.53. The van der Waals surface area contributed by atoms with Gasteiger partial charge >= 0.3 is 5.69 Å². The van der Waals surface area contributed by atoms with Crippen LogP contribution >= 0.6 is 23.2 Å². The fourth-order valence-corrected chi connectivity index (χ4v) is 2.32. The Hall–Kier alpha value is -2.03. The summed E-state index contributed by atoms with van der Waals surface area (Å²) in [5.41, 5.74) is -0.510. The van der Waals surface area contributed by atoms with E-state index in [1.165, 1.54) is 18.2 Å². The van der Waals surface area contributed by atoms with Gasteiger partial charge in [-0.05, 0) is 24.6 Å². The first-order valence-corrected chi connectivity index (χ1v) is 6.49. The molecule has 0 aliphatic carbocycles. The van der Waals surface area contributed by atoms with Crippen molar-refractivity contribution >= 4 is 23.2 Å². The molecule has 1 N–H and O–H groups in total. The zero-order valence-electron chi connectivity index (χ0n) is 10.4. The highest BCUT2D eigenvalue weighted by molar-refractivity contribution is 6.32. The maximum Gasteiger partial charge on any atom is 0.334 e. The number of H-pyrrole nitrogens is 1. The highest BCUT2D eigenvalue weighted by atomic mass is 35.5. The van der Waals surface area contributed by atoms with Gasteiger partial charge in [-0.2, -0.15) is 5.26 Å². The Morgan fingerprint density at radius 3 is 2.65 bits per heavy atom. The van der Waals surface area contributed by atoms with E-state index in [2.05, 4.69) is 4.98 Å². The number of hydrogen-bond acceptors (Lipinski definition) is 3. The topological polar surface area (TPSA) is 78.7 Å². The Kier molecular flexibility index (Phi) is 3.98. The summed E-state index contributed by atoms with van der Waals surface area (Å²) in [5, 5.41) is 9.11. The SMILES string of the molecule is CCc1c(Cl)[nH]c(=O)n(-c2cc(C#N)ccc2Cl)c1=O. The van der Waals surface area contributed by atoms with E-state index in [1.54, 1.807) is 6.92 Å². The van der Waals surface area contributed by atoms with Crippen molar-refractivity contribution in [2.24, 2.45) is 0 Å². The zero-order chi connectivity index (χ0) is 14.9. The predicted octanol–water partition coefficient (Wildman–Crippen LogP) is 2.27. The van der Waals surface area contributed by atoms with Gasteiger partial charge < -0.3 is 0 Å². The first kappa shape index (κ1) is 14.4. The van der Waals surface area contributed by atoms with Crippen molar-refractivity contribution in [1.82, 2.24) is 9.55 Å². The van der Waals surface area contributed by atoms with Gasteiger partial charge in [-0.1, -0.05) is 30.1 Å². The number of aromatic amines is 1. The van der Waals surface area contributed by atoms with Gasteiger partial charge in [-0.3, -0.25) is 9.78 Å². The number of nitrogens with one attached hydrogen (secondary N) is 1. The average molecular weight is 310 g/mol. The van der Waals surface area contributed by atoms with Crippen LogP contribution in [0.25, 0.3) is 5.69 Å². The molecule has 5 nitrogen and oxygen atoms in total. The minimum atomic E-state index is -0.700. The fraction of sp³-hybridized carbons (Fsp3) is 0.154. The van der Waals surface area contributed by atoms with Crippen molar-refractivity contribution in [1.29, 1.82) is 5.26 Å². The highest BCUT2D eigenvalue weighted by Crippen LogP contribution is 2.20. The third kappa shape index (κ3) is 2.36. The molecule has 1 aromatic carbocycles. The number of benzene rings is 1. The lowest BCUT2D eigenvalue weighted by Crippen LogP contribution is -2.36. The van der Waals surface area contributed by atoms with Crippen LogP contribution in [-0.2, 0) is 6.42 Å². The second-order valence-electron chi connectivity index (χ2n) is 3.99. The van der Waals surface area contributed by atoms with Gasteiger partial charge in [0, 0.05) is 0 Å². The molecule has 102 valence electrons. The summed E-state index contributed by atoms with van der Waals surface area (Å²) in [5.74, 6) is 0. The number of nitriles is 1. The molecule has 1 heterocycles. The van der Waals surface area contributed by atoms with E-state index in [1.807, 2.05) is 6.07 Å². The molecule has 0 saturated heterocycles. The van der Waals surface area contributed by atoms with Crippen LogP contribution in [0.3, 0.4) is 0 Å². The molecule has 0 aliphatic rings. The molecular weight excluding hydrogens is 301 g/mol. The molecule has 0 unspecified atom stereocenters. The van der Waals surface area contributed by atoms with Crippen molar-refractivity contribution in [2.45, 2.75) is 13.3 Å². The van der Waals surface area contributed by atoms with Crippen molar-refractivity contribution in [3.05, 3.63) is 60.3 Å². The summed E-state index contributed by atoms with van der Waals surface area (Å²) in [4.78, 5) is 26.7. The van der Waals surface area contributed by atoms with Gasteiger partial charge in [-0.25, -0.2) is 9.36 Å². The molecule has 7 heteroatoms. The lowest BCUT2D eigenvalue weighted by Gasteiger charge is -2.09. The number of halogens is 2. The van der Waals surface area contributed by atoms with E-state index in [0.29, 0.717) is 12.0 Å². The Balaban J connectivity index is 2.87. The van der Waals surface area contributed by atoms with Gasteiger partial charge in [0.15, 0.2) is 0 Å². The maximum atomic E-state index is 12.3. The van der Waals surface area contributed by atoms with Crippen LogP contribution in [0.15, 0.2) is 27.8 Å². The molecule has 20 heavy (non-hydrogen) atoms. The largest absolute Gasteiger partial charge is 0.334 e. The van der Waals surface area contributed by atoms with Crippen molar-refractivity contribution in [3.63, 3.8) is 0 Å². The molecule has 0 aliphatic heterocycles. The van der Waals surface area contributed by atoms with Gasteiger partial charge in [0.1, 0.15) is 5.15 Å². The molecule has 0 bridgehead atoms. The summed E-state index contributed by atoms with van der Waals surface area (Å²) in [7, 11) is 0. The molecule has 0 atom stereocenters. The highest BCUT2D eigenvalue weighted by Gasteiger charge is 2.15. The molecule has 2 aromatic rings. The maximum absolute atomic E-state index is 12.3. The monoisotopic (exact) mass is 309 g/mol. The summed E-state index contributed by atoms with van der Waals surface area (Å²) in [6.07, 6.45) is 0.365. The normalized spacial score (nSPS) is 10.3. The average Bonchev–Trinajstić information content (AvgIpc) is 2.40. The Bertz CT molecular complexity index is 831. The minimum absolute atomic E-state index is 0.0197. The first-order valence-electron chi connectivity index (χ1n) is 5.73. The Morgan fingerprint density at radius 2 is 2.05 bits per heavy atom. The summed E-state index contributed by atoms with van der Waals surface area (Å²) < 4.78 is 0.883. The first-order chi connectivity index (χ1) is 9.49. The van der Waals surface area contributed by atoms with E-state index >= 15 is 0 Å². The second-order valence-corrected chi connectivity index (χ2v) is 4.78. The zero-order valence-corrected chi connectivity index (χ0v) is 11.9. The number of nitrogens with zero attached hydrogens (tertiary/aromatic N) is 2. The van der Waals surface area contributed by atoms with E-state index in [0.717, 1.165) is 4.57 Å². The lowest BCUT2D eigenvalue weighted by molar-refractivity contribution is 0.842. The number of rotatable bonds is 2. The van der Waals surface area contributed by atoms with E-state index in [-0.39, 0.29) is 21.4 Å². The van der Waals surface area contributed by atoms with Crippen LogP contribution in [-0.4, -0.2) is 9.55 Å². The third-order valence-corrected chi connectivity index (χ3v) is 3.46. The van der Waals surface area contributed by atoms with Crippen LogP contribution in [0.4, 0.5) is 0 Å². The molecule has 0 saturated carbocycles. The van der Waals surface area contributed by atoms with Crippen molar-refractivity contribution in [3.8, 4) is 11.8 Å². The fourth-order valence-electron chi connectivity index (χ4n) is 1.83. The molecule has 1 aromatic heterocycles. The van der Waals surface area contributed by atoms with Gasteiger partial charge in [0.25, 0.3) is 5.56 Å². The quantitative estimate of drug-likeness (QED) is 0.864. The van der Waals surface area contributed by atoms with Crippen molar-refractivity contribution < 1.29 is 0 Å². The van der Waals surface area contributed by atoms with E-state index < -0.39 is 11.2 Å². The molecule has 0 fully saturated rings. The van der Waals surface area contributed by atoms with Gasteiger partial charge in [0.2, 0.25) is 0 Å². The number of aromatic nitrogens is 2. The van der Waals surface area contributed by atoms with Crippen LogP contribution in [0.2, 0.25) is 10.2 Å². The standard InChI is InChI=1S/C13H9Cl2N3O2/c1-2-8-11(15)17-13(20)18(12(8)19)10-5-7(6-16)3-4-9(10)14/h3-5H,2H2,1H3,(H,17,20). The molecule has 0 amide bonds. The summed E-state index contributed by atoms with van der Waals surface area (Å²) >= 11 is 11.9. The smallest absolute Gasteiger partial charge is 0.297 e. The third-order valence-electron chi connectivity index (χ3n) is 2.82. The molecular formula is C13H9Cl2N3O2. The molecule has 2 rings (SSSR count). The number of hydrogen-bond donors (Lipinski definition) is 1. The van der Waals surface area contributed by atoms with E-state index in [9.17, 15) is 9.59 Å². The van der Waals surface area contributed by atoms with Gasteiger partial charge in [0.05, 0.1) is 27.9 Å². The van der Waals surface area contributed by atoms with E-state index in [4.69, 9.17) is 28.5 Å². The van der Waals surface area contributed by atoms with Crippen LogP contribution < -0.4 is 11.2 Å². The predicted molar refractivity (Wildman–Crippen MR) is 76.8 cm³/mol. The van der Waals surface area contributed by atoms with Crippen LogP contribution in [0.5, 0.6) is 0 Å². The van der Waals surface area contributed by atoms with Gasteiger partial charge in [-0.15, -0.1) is 0 Å². The van der Waals surface area contributed by atoms with Crippen LogP contribution in [0, 0.1) is 11.3 Å². The van der Waals surface area contributed by atoms with Crippen LogP contribution in [0.1, 0.15) is 18.1 Å². The Labute approximate surface area is 124 Å². The molecule has 0 spiro atoms. The van der Waals surface area contributed by atoms with Crippen molar-refractivity contribution in [2.75, 3.05) is 0 Å². The summed E-state index contributed by atoms with van der Waals surface area (Å²) in [6.45, 7) is 1.75.